The zero-order chi connectivity index (χ0) is 20.3. The Labute approximate surface area is 172 Å². The van der Waals surface area contributed by atoms with Gasteiger partial charge in [-0.1, -0.05) is 24.3 Å². The molecule has 0 saturated carbocycles. The number of hydrogen-bond acceptors (Lipinski definition) is 5. The summed E-state index contributed by atoms with van der Waals surface area (Å²) >= 11 is 0. The molecular formula is C23H17N5O2. The number of para-hydroxylation sites is 2. The molecule has 0 saturated heterocycles. The van der Waals surface area contributed by atoms with E-state index in [9.17, 15) is 4.79 Å². The van der Waals surface area contributed by atoms with Gasteiger partial charge in [0.05, 0.1) is 22.9 Å². The highest BCUT2D eigenvalue weighted by Gasteiger charge is 2.10. The Hall–Kier alpha value is -4.26. The Morgan fingerprint density at radius 3 is 2.73 bits per heavy atom. The van der Waals surface area contributed by atoms with E-state index in [4.69, 9.17) is 4.74 Å². The third-order valence-corrected chi connectivity index (χ3v) is 4.57. The van der Waals surface area contributed by atoms with Gasteiger partial charge in [0.15, 0.2) is 0 Å². The number of aromatic nitrogens is 4. The lowest BCUT2D eigenvalue weighted by Crippen LogP contribution is -2.14. The smallest absolute Gasteiger partial charge is 0.275 e. The van der Waals surface area contributed by atoms with E-state index >= 15 is 0 Å². The molecule has 0 radical (unpaired) electrons. The summed E-state index contributed by atoms with van der Waals surface area (Å²) < 4.78 is 7.80. The number of hydrogen-bond donors (Lipinski definition) is 1. The maximum atomic E-state index is 12.6. The molecule has 0 bridgehead atoms. The summed E-state index contributed by atoms with van der Waals surface area (Å²) in [6, 6.07) is 20.5. The topological polar surface area (TPSA) is 81.4 Å². The van der Waals surface area contributed by atoms with E-state index in [-0.39, 0.29) is 11.6 Å². The van der Waals surface area contributed by atoms with Crippen LogP contribution in [0.4, 0.5) is 5.69 Å². The van der Waals surface area contributed by atoms with Gasteiger partial charge in [-0.05, 0) is 36.4 Å². The van der Waals surface area contributed by atoms with E-state index < -0.39 is 0 Å². The maximum absolute atomic E-state index is 12.6. The molecule has 7 heteroatoms. The van der Waals surface area contributed by atoms with Gasteiger partial charge in [-0.25, -0.2) is 9.97 Å². The first-order chi connectivity index (χ1) is 14.7. The number of benzene rings is 2. The van der Waals surface area contributed by atoms with Crippen molar-refractivity contribution in [3.8, 4) is 5.75 Å². The van der Waals surface area contributed by atoms with Crippen molar-refractivity contribution in [1.82, 2.24) is 19.4 Å². The number of nitrogens with zero attached hydrogens (tertiary/aromatic N) is 4. The molecule has 0 aliphatic heterocycles. The van der Waals surface area contributed by atoms with Crippen molar-refractivity contribution in [1.29, 1.82) is 0 Å². The average molecular weight is 395 g/mol. The number of pyridine rings is 1. The highest BCUT2D eigenvalue weighted by atomic mass is 16.5. The van der Waals surface area contributed by atoms with E-state index in [1.54, 1.807) is 12.1 Å². The minimum atomic E-state index is -0.328. The van der Waals surface area contributed by atoms with Crippen LogP contribution >= 0.6 is 0 Å². The number of carbonyl (C=O) groups excluding carboxylic acids is 1. The third-order valence-electron chi connectivity index (χ3n) is 4.57. The van der Waals surface area contributed by atoms with Crippen LogP contribution in [0.3, 0.4) is 0 Å². The molecule has 3 heterocycles. The van der Waals surface area contributed by atoms with Crippen LogP contribution in [0.15, 0.2) is 85.3 Å². The minimum absolute atomic E-state index is 0.254. The Morgan fingerprint density at radius 2 is 1.83 bits per heavy atom. The van der Waals surface area contributed by atoms with Crippen LogP contribution in [0.2, 0.25) is 0 Å². The molecule has 0 unspecified atom stereocenters. The molecule has 0 atom stereocenters. The number of amides is 1. The van der Waals surface area contributed by atoms with Crippen LogP contribution < -0.4 is 10.1 Å². The Kier molecular flexibility index (Phi) is 4.53. The van der Waals surface area contributed by atoms with E-state index in [1.165, 1.54) is 6.20 Å². The monoisotopic (exact) mass is 395 g/mol. The molecule has 146 valence electrons. The quantitative estimate of drug-likeness (QED) is 0.484. The standard InChI is InChI=1S/C23H17N5O2/c29-23(21-13-24-19-8-1-2-9-20(19)27-21)26-16-6-5-7-18(12-16)30-15-17-14-28-11-4-3-10-22(28)25-17/h1-14H,15H2,(H,26,29). The van der Waals surface area contributed by atoms with Crippen molar-refractivity contribution in [2.24, 2.45) is 0 Å². The molecule has 1 amide bonds. The number of carbonyl (C=O) groups is 1. The molecule has 5 aromatic rings. The van der Waals surface area contributed by atoms with Gasteiger partial charge in [-0.15, -0.1) is 0 Å². The third kappa shape index (κ3) is 3.68. The maximum Gasteiger partial charge on any atom is 0.275 e. The minimum Gasteiger partial charge on any atom is -0.487 e. The number of anilines is 1. The summed E-state index contributed by atoms with van der Waals surface area (Å²) in [4.78, 5) is 25.8. The predicted octanol–water partition coefficient (Wildman–Crippen LogP) is 4.11. The summed E-state index contributed by atoms with van der Waals surface area (Å²) in [6.07, 6.45) is 5.35. The molecule has 0 fully saturated rings. The molecule has 30 heavy (non-hydrogen) atoms. The fraction of sp³-hybridized carbons (Fsp3) is 0.0435. The zero-order valence-corrected chi connectivity index (χ0v) is 15.9. The summed E-state index contributed by atoms with van der Waals surface area (Å²) in [5, 5.41) is 2.84. The van der Waals surface area contributed by atoms with Gasteiger partial charge in [-0.2, -0.15) is 0 Å². The Morgan fingerprint density at radius 1 is 0.967 bits per heavy atom. The Bertz CT molecular complexity index is 1330. The van der Waals surface area contributed by atoms with Gasteiger partial charge >= 0.3 is 0 Å². The lowest BCUT2D eigenvalue weighted by Gasteiger charge is -2.08. The normalized spacial score (nSPS) is 10.9. The van der Waals surface area contributed by atoms with Crippen LogP contribution in [0.5, 0.6) is 5.75 Å². The van der Waals surface area contributed by atoms with Crippen LogP contribution in [0.1, 0.15) is 16.2 Å². The largest absolute Gasteiger partial charge is 0.487 e. The fourth-order valence-electron chi connectivity index (χ4n) is 3.14. The molecule has 2 aromatic carbocycles. The van der Waals surface area contributed by atoms with Crippen molar-refractivity contribution in [3.63, 3.8) is 0 Å². The van der Waals surface area contributed by atoms with Crippen molar-refractivity contribution < 1.29 is 9.53 Å². The number of nitrogens with one attached hydrogen (secondary N) is 1. The van der Waals surface area contributed by atoms with Gasteiger partial charge in [0, 0.05) is 24.1 Å². The SMILES string of the molecule is O=C(Nc1cccc(OCc2cn3ccccc3n2)c1)c1cnc2ccccc2n1. The Balaban J connectivity index is 1.28. The second-order valence-electron chi connectivity index (χ2n) is 6.71. The van der Waals surface area contributed by atoms with Crippen molar-refractivity contribution in [3.05, 3.63) is 96.7 Å². The molecule has 7 nitrogen and oxygen atoms in total. The fourth-order valence-corrected chi connectivity index (χ4v) is 3.14. The lowest BCUT2D eigenvalue weighted by molar-refractivity contribution is 0.102. The zero-order valence-electron chi connectivity index (χ0n) is 15.9. The number of ether oxygens (including phenoxy) is 1. The summed E-state index contributed by atoms with van der Waals surface area (Å²) in [6.45, 7) is 0.329. The summed E-state index contributed by atoms with van der Waals surface area (Å²) in [7, 11) is 0. The van der Waals surface area contributed by atoms with Gasteiger partial charge in [-0.3, -0.25) is 9.78 Å². The van der Waals surface area contributed by atoms with Crippen LogP contribution in [0.25, 0.3) is 16.7 Å². The molecule has 5 rings (SSSR count). The van der Waals surface area contributed by atoms with E-state index in [0.29, 0.717) is 23.6 Å². The predicted molar refractivity (Wildman–Crippen MR) is 113 cm³/mol. The van der Waals surface area contributed by atoms with E-state index in [1.807, 2.05) is 71.4 Å². The second kappa shape index (κ2) is 7.63. The molecular weight excluding hydrogens is 378 g/mol. The van der Waals surface area contributed by atoms with Crippen molar-refractivity contribution >= 4 is 28.3 Å². The van der Waals surface area contributed by atoms with Crippen LogP contribution in [-0.2, 0) is 6.61 Å². The highest BCUT2D eigenvalue weighted by molar-refractivity contribution is 6.03. The summed E-state index contributed by atoms with van der Waals surface area (Å²) in [5.74, 6) is 0.306. The van der Waals surface area contributed by atoms with Crippen molar-refractivity contribution in [2.75, 3.05) is 5.32 Å². The molecule has 3 aromatic heterocycles. The first-order valence-electron chi connectivity index (χ1n) is 9.43. The molecule has 0 aliphatic carbocycles. The first kappa shape index (κ1) is 17.8. The average Bonchev–Trinajstić information content (AvgIpc) is 3.21. The number of imidazole rings is 1. The summed E-state index contributed by atoms with van der Waals surface area (Å²) in [5.41, 5.74) is 3.98. The van der Waals surface area contributed by atoms with Gasteiger partial charge < -0.3 is 14.5 Å². The molecule has 1 N–H and O–H groups in total. The number of fused-ring (bicyclic) bond motifs is 2. The van der Waals surface area contributed by atoms with Crippen LogP contribution in [-0.4, -0.2) is 25.3 Å². The van der Waals surface area contributed by atoms with Gasteiger partial charge in [0.1, 0.15) is 23.7 Å². The van der Waals surface area contributed by atoms with E-state index in [0.717, 1.165) is 16.9 Å². The molecule has 0 aliphatic rings. The van der Waals surface area contributed by atoms with Gasteiger partial charge in [0.25, 0.3) is 5.91 Å². The molecule has 0 spiro atoms. The number of rotatable bonds is 5. The first-order valence-corrected chi connectivity index (χ1v) is 9.43. The van der Waals surface area contributed by atoms with Crippen molar-refractivity contribution in [2.45, 2.75) is 6.61 Å². The van der Waals surface area contributed by atoms with E-state index in [2.05, 4.69) is 20.3 Å². The van der Waals surface area contributed by atoms with Crippen LogP contribution in [0, 0.1) is 0 Å². The second-order valence-corrected chi connectivity index (χ2v) is 6.71. The van der Waals surface area contributed by atoms with Gasteiger partial charge in [0.2, 0.25) is 0 Å². The highest BCUT2D eigenvalue weighted by Crippen LogP contribution is 2.19. The lowest BCUT2D eigenvalue weighted by atomic mass is 10.2.